The first-order valence-corrected chi connectivity index (χ1v) is 23.8. The highest BCUT2D eigenvalue weighted by Crippen LogP contribution is 2.45. The van der Waals surface area contributed by atoms with Gasteiger partial charge in [-0.25, -0.2) is 0 Å². The minimum atomic E-state index is -4.85. The summed E-state index contributed by atoms with van der Waals surface area (Å²) in [5.74, 6) is -1.13. The molecule has 0 atom stereocenters. The normalized spacial score (nSPS) is 11.2. The second-order valence-electron chi connectivity index (χ2n) is 11.5. The largest absolute Gasteiger partial charge is 0.505 e. The quantitative estimate of drug-likeness (QED) is 0.0380. The molecule has 0 spiro atoms. The van der Waals surface area contributed by atoms with Crippen LogP contribution in [0.4, 0.5) is 34.1 Å². The Labute approximate surface area is 368 Å². The molecule has 6 aromatic carbocycles. The number of anilines is 2. The van der Waals surface area contributed by atoms with Crippen LogP contribution in [0.1, 0.15) is 61.0 Å². The maximum absolute atomic E-state index is 11.9. The molecule has 0 saturated carbocycles. The van der Waals surface area contributed by atoms with E-state index in [4.69, 9.17) is 11.5 Å². The van der Waals surface area contributed by atoms with Crippen LogP contribution >= 0.6 is 0 Å². The number of nitrogen functional groups attached to an aromatic ring is 2. The lowest BCUT2D eigenvalue weighted by molar-refractivity contribution is 0.472. The molecule has 6 aromatic rings. The molecule has 21 heteroatoms. The van der Waals surface area contributed by atoms with Crippen molar-refractivity contribution in [1.82, 2.24) is 5.32 Å². The van der Waals surface area contributed by atoms with Gasteiger partial charge < -0.3 is 27.0 Å². The molecule has 63 heavy (non-hydrogen) atoms. The van der Waals surface area contributed by atoms with Crippen LogP contribution < -0.4 is 16.8 Å². The van der Waals surface area contributed by atoms with Crippen LogP contribution in [-0.4, -0.2) is 56.2 Å². The van der Waals surface area contributed by atoms with Gasteiger partial charge in [0.1, 0.15) is 31.7 Å². The van der Waals surface area contributed by atoms with Gasteiger partial charge >= 0.3 is 0 Å². The van der Waals surface area contributed by atoms with E-state index in [9.17, 15) is 49.1 Å². The number of aromatic hydroxyl groups is 2. The number of nitrogens with zero attached hydrogens (tertiary/aromatic N) is 4. The highest BCUT2D eigenvalue weighted by atomic mass is 32.2. The van der Waals surface area contributed by atoms with E-state index in [1.165, 1.54) is 36.4 Å². The predicted molar refractivity (Wildman–Crippen MR) is 249 cm³/mol. The van der Waals surface area contributed by atoms with E-state index in [0.717, 1.165) is 12.1 Å². The third-order valence-corrected chi connectivity index (χ3v) is 10.4. The van der Waals surface area contributed by atoms with Gasteiger partial charge in [-0.3, -0.25) is 13.7 Å². The number of rotatable bonds is 9. The monoisotopic (exact) mass is 929 g/mol. The van der Waals surface area contributed by atoms with E-state index >= 15 is 0 Å². The molecular formula is C42H55N7O11S3. The van der Waals surface area contributed by atoms with Gasteiger partial charge in [0, 0.05) is 28.7 Å². The molecule has 0 fully saturated rings. The maximum Gasteiger partial charge on any atom is 0.296 e. The van der Waals surface area contributed by atoms with Crippen molar-refractivity contribution in [3.8, 4) is 11.5 Å². The average molecular weight is 930 g/mol. The van der Waals surface area contributed by atoms with Crippen LogP contribution in [0.5, 0.6) is 11.5 Å². The number of nitrogens with one attached hydrogen (secondary N) is 1. The molecule has 342 valence electrons. The Bertz CT molecular complexity index is 2860. The summed E-state index contributed by atoms with van der Waals surface area (Å²) < 4.78 is 98.9. The van der Waals surface area contributed by atoms with E-state index < -0.39 is 62.2 Å². The molecule has 0 bridgehead atoms. The van der Waals surface area contributed by atoms with Crippen molar-refractivity contribution in [2.75, 3.05) is 18.5 Å². The van der Waals surface area contributed by atoms with Gasteiger partial charge in [0.25, 0.3) is 30.4 Å². The number of phenols is 2. The topological polar surface area (TPSA) is 317 Å². The summed E-state index contributed by atoms with van der Waals surface area (Å²) in [5, 5.41) is 40.0. The van der Waals surface area contributed by atoms with Gasteiger partial charge in [-0.1, -0.05) is 104 Å². The number of hydrogen-bond acceptors (Lipinski definition) is 15. The van der Waals surface area contributed by atoms with Crippen molar-refractivity contribution in [2.45, 2.75) is 76.6 Å². The van der Waals surface area contributed by atoms with E-state index in [1.807, 2.05) is 55.4 Å². The van der Waals surface area contributed by atoms with Crippen LogP contribution in [-0.2, 0) is 36.9 Å². The molecule has 0 aromatic heterocycles. The summed E-state index contributed by atoms with van der Waals surface area (Å²) in [5.41, 5.74) is 11.8. The molecular weight excluding hydrogens is 875 g/mol. The lowest BCUT2D eigenvalue weighted by Gasteiger charge is -2.11. The average Bonchev–Trinajstić information content (AvgIpc) is 3.25. The lowest BCUT2D eigenvalue weighted by Crippen LogP contribution is -2.06. The summed E-state index contributed by atoms with van der Waals surface area (Å²) in [6.07, 6.45) is 0. The predicted octanol–water partition coefficient (Wildman–Crippen LogP) is 10.7. The Morgan fingerprint density at radius 1 is 0.508 bits per heavy atom. The third-order valence-electron chi connectivity index (χ3n) is 7.74. The van der Waals surface area contributed by atoms with Gasteiger partial charge in [0.05, 0.1) is 5.69 Å². The summed E-state index contributed by atoms with van der Waals surface area (Å²) in [6.45, 7) is 16.3. The molecule has 0 unspecified atom stereocenters. The number of azo groups is 2. The molecule has 6 rings (SSSR count). The molecule has 10 N–H and O–H groups in total. The SMILES string of the molecule is CC.CC.CC.CC.CNCc1ccc(S(=O)(=O)O)c(N=Nc2c(S(=O)(=O)O)cc3cccc(N)c3c2O)c1.Nc1cccc2cc(S(=O)(=O)O)c(N=Nc3ccccc3)c(O)c12. The molecule has 0 amide bonds. The second kappa shape index (κ2) is 25.1. The van der Waals surface area contributed by atoms with Crippen LogP contribution in [0.25, 0.3) is 21.5 Å². The van der Waals surface area contributed by atoms with Crippen LogP contribution in [0.15, 0.2) is 132 Å². The third kappa shape index (κ3) is 14.5. The minimum absolute atomic E-state index is 0.0720. The van der Waals surface area contributed by atoms with E-state index in [2.05, 4.69) is 25.8 Å². The Morgan fingerprint density at radius 2 is 0.921 bits per heavy atom. The zero-order valence-corrected chi connectivity index (χ0v) is 38.7. The first-order valence-electron chi connectivity index (χ1n) is 19.5. The van der Waals surface area contributed by atoms with Crippen molar-refractivity contribution < 1.29 is 49.1 Å². The van der Waals surface area contributed by atoms with Crippen molar-refractivity contribution in [3.63, 3.8) is 0 Å². The zero-order chi connectivity index (χ0) is 48.3. The fourth-order valence-corrected chi connectivity index (χ4v) is 7.24. The van der Waals surface area contributed by atoms with E-state index in [0.29, 0.717) is 23.2 Å². The molecule has 0 radical (unpaired) electrons. The highest BCUT2D eigenvalue weighted by molar-refractivity contribution is 7.86. The number of fused-ring (bicyclic) bond motifs is 2. The first kappa shape index (κ1) is 54.9. The van der Waals surface area contributed by atoms with Gasteiger partial charge in [-0.15, -0.1) is 15.3 Å². The van der Waals surface area contributed by atoms with Gasteiger partial charge in [0.2, 0.25) is 0 Å². The Hall–Kier alpha value is -6.07. The smallest absolute Gasteiger partial charge is 0.296 e. The van der Waals surface area contributed by atoms with Crippen LogP contribution in [0.3, 0.4) is 0 Å². The number of nitrogens with two attached hydrogens (primary N) is 2. The van der Waals surface area contributed by atoms with E-state index in [-0.39, 0.29) is 38.9 Å². The van der Waals surface area contributed by atoms with Crippen molar-refractivity contribution >= 4 is 86.0 Å². The van der Waals surface area contributed by atoms with E-state index in [1.54, 1.807) is 55.6 Å². The standard InChI is InChI=1S/C18H18N4O7S2.C16H13N3O4S.4C2H6/c1-20-9-10-5-6-14(30(24,25)26)13(7-10)21-22-17-15(31(27,28)29)8-11-3-2-4-12(19)16(11)18(17)23;17-12-8-4-5-10-9-13(24(21,22)23)15(16(20)14(10)12)19-18-11-6-2-1-3-7-11;4*1-2/h2-8,20,23H,9,19H2,1H3,(H,24,25,26)(H,27,28,29);1-9,20H,17H2,(H,21,22,23);4*1-2H3. The number of benzene rings is 6. The van der Waals surface area contributed by atoms with Crippen molar-refractivity contribution in [1.29, 1.82) is 0 Å². The van der Waals surface area contributed by atoms with Crippen molar-refractivity contribution in [3.05, 3.63) is 103 Å². The molecule has 0 aliphatic carbocycles. The number of phenolic OH excluding ortho intramolecular Hbond substituents is 2. The maximum atomic E-state index is 11.9. The Balaban J connectivity index is 0.000000555. The Kier molecular flexibility index (Phi) is 21.9. The summed E-state index contributed by atoms with van der Waals surface area (Å²) in [6, 6.07) is 23.9. The lowest BCUT2D eigenvalue weighted by atomic mass is 10.1. The first-order chi connectivity index (χ1) is 29.8. The molecule has 0 heterocycles. The second-order valence-corrected chi connectivity index (χ2v) is 15.7. The number of hydrogen-bond donors (Lipinski definition) is 8. The fourth-order valence-electron chi connectivity index (χ4n) is 5.32. The van der Waals surface area contributed by atoms with Gasteiger partial charge in [-0.2, -0.15) is 30.4 Å². The van der Waals surface area contributed by atoms with Crippen molar-refractivity contribution in [2.24, 2.45) is 20.5 Å². The summed E-state index contributed by atoms with van der Waals surface area (Å²) in [4.78, 5) is -1.88. The molecule has 0 aliphatic heterocycles. The van der Waals surface area contributed by atoms with Crippen LogP contribution in [0.2, 0.25) is 0 Å². The zero-order valence-electron chi connectivity index (χ0n) is 36.3. The summed E-state index contributed by atoms with van der Waals surface area (Å²) in [7, 11) is -12.5. The molecule has 0 aliphatic rings. The van der Waals surface area contributed by atoms with Gasteiger partial charge in [-0.05, 0) is 71.9 Å². The van der Waals surface area contributed by atoms with Gasteiger partial charge in [0.15, 0.2) is 11.5 Å². The molecule has 18 nitrogen and oxygen atoms in total. The summed E-state index contributed by atoms with van der Waals surface area (Å²) >= 11 is 0. The molecule has 0 saturated heterocycles. The fraction of sp³-hybridized carbons (Fsp3) is 0.238. The Morgan fingerprint density at radius 3 is 1.32 bits per heavy atom. The van der Waals surface area contributed by atoms with Crippen LogP contribution in [0, 0.1) is 0 Å². The highest BCUT2D eigenvalue weighted by Gasteiger charge is 2.25. The minimum Gasteiger partial charge on any atom is -0.505 e.